The Bertz CT molecular complexity index is 632. The molecule has 2 heteroatoms. The molecule has 2 fully saturated rings. The zero-order chi connectivity index (χ0) is 16.9. The number of likely N-dealkylation sites (tertiary alicyclic amines) is 2. The summed E-state index contributed by atoms with van der Waals surface area (Å²) in [4.78, 5) is 5.35. The van der Waals surface area contributed by atoms with Gasteiger partial charge in [-0.1, -0.05) is 60.7 Å². The van der Waals surface area contributed by atoms with Crippen LogP contribution < -0.4 is 0 Å². The normalized spacial score (nSPS) is 23.1. The van der Waals surface area contributed by atoms with Crippen LogP contribution in [0.5, 0.6) is 0 Å². The van der Waals surface area contributed by atoms with Crippen molar-refractivity contribution in [1.82, 2.24) is 9.80 Å². The van der Waals surface area contributed by atoms with E-state index in [-0.39, 0.29) is 0 Å². The van der Waals surface area contributed by atoms with E-state index in [4.69, 9.17) is 0 Å². The van der Waals surface area contributed by atoms with Crippen LogP contribution in [0.15, 0.2) is 60.7 Å². The van der Waals surface area contributed by atoms with Crippen molar-refractivity contribution in [3.05, 3.63) is 71.8 Å². The molecule has 2 aromatic carbocycles. The number of piperidine rings is 1. The van der Waals surface area contributed by atoms with Gasteiger partial charge in [0, 0.05) is 19.6 Å². The maximum Gasteiger partial charge on any atom is 0.0233 e. The van der Waals surface area contributed by atoms with E-state index >= 15 is 0 Å². The van der Waals surface area contributed by atoms with Gasteiger partial charge in [0.25, 0.3) is 0 Å². The van der Waals surface area contributed by atoms with Gasteiger partial charge in [0.2, 0.25) is 0 Å². The fourth-order valence-electron chi connectivity index (χ4n) is 4.59. The summed E-state index contributed by atoms with van der Waals surface area (Å²) in [7, 11) is 0. The summed E-state index contributed by atoms with van der Waals surface area (Å²) < 4.78 is 0. The van der Waals surface area contributed by atoms with Crippen LogP contribution in [-0.4, -0.2) is 42.5 Å². The highest BCUT2D eigenvalue weighted by atomic mass is 15.2. The van der Waals surface area contributed by atoms with E-state index in [1.54, 1.807) is 0 Å². The van der Waals surface area contributed by atoms with Crippen LogP contribution in [0.1, 0.15) is 36.3 Å². The molecule has 0 saturated carbocycles. The van der Waals surface area contributed by atoms with Gasteiger partial charge < -0.3 is 4.90 Å². The number of hydrogen-bond acceptors (Lipinski definition) is 2. The second-order valence-electron chi connectivity index (χ2n) is 7.86. The summed E-state index contributed by atoms with van der Waals surface area (Å²) in [5, 5.41) is 0. The van der Waals surface area contributed by atoms with Crippen LogP contribution in [0.4, 0.5) is 0 Å². The smallest absolute Gasteiger partial charge is 0.0233 e. The molecule has 132 valence electrons. The molecule has 1 atom stereocenters. The van der Waals surface area contributed by atoms with Crippen LogP contribution in [-0.2, 0) is 6.54 Å². The van der Waals surface area contributed by atoms with Crippen LogP contribution in [0.25, 0.3) is 0 Å². The van der Waals surface area contributed by atoms with Gasteiger partial charge in [-0.15, -0.1) is 0 Å². The second-order valence-corrected chi connectivity index (χ2v) is 7.86. The van der Waals surface area contributed by atoms with Crippen molar-refractivity contribution in [2.24, 2.45) is 5.92 Å². The molecule has 0 radical (unpaired) electrons. The quantitative estimate of drug-likeness (QED) is 0.800. The molecule has 2 nitrogen and oxygen atoms in total. The van der Waals surface area contributed by atoms with Crippen LogP contribution >= 0.6 is 0 Å². The third-order valence-electron chi connectivity index (χ3n) is 5.99. The zero-order valence-corrected chi connectivity index (χ0v) is 15.2. The summed E-state index contributed by atoms with van der Waals surface area (Å²) in [6.07, 6.45) is 4.01. The van der Waals surface area contributed by atoms with E-state index in [9.17, 15) is 0 Å². The van der Waals surface area contributed by atoms with E-state index < -0.39 is 0 Å². The Morgan fingerprint density at radius 2 is 1.36 bits per heavy atom. The first kappa shape index (κ1) is 16.8. The van der Waals surface area contributed by atoms with Crippen molar-refractivity contribution in [3.63, 3.8) is 0 Å². The minimum absolute atomic E-state index is 0.774. The number of hydrogen-bond donors (Lipinski definition) is 0. The van der Waals surface area contributed by atoms with Gasteiger partial charge >= 0.3 is 0 Å². The van der Waals surface area contributed by atoms with Gasteiger partial charge in [-0.25, -0.2) is 0 Å². The maximum absolute atomic E-state index is 2.72. The van der Waals surface area contributed by atoms with E-state index in [1.807, 2.05) is 0 Å². The van der Waals surface area contributed by atoms with Crippen LogP contribution in [0, 0.1) is 5.92 Å². The molecular formula is C23H30N2. The number of benzene rings is 2. The predicted octanol–water partition coefficient (Wildman–Crippen LogP) is 4.39. The Hall–Kier alpha value is -1.64. The molecule has 0 spiro atoms. The van der Waals surface area contributed by atoms with Crippen molar-refractivity contribution in [2.75, 3.05) is 32.7 Å². The average Bonchev–Trinajstić information content (AvgIpc) is 3.11. The topological polar surface area (TPSA) is 6.48 Å². The van der Waals surface area contributed by atoms with E-state index in [0.717, 1.165) is 18.4 Å². The molecule has 2 heterocycles. The molecule has 0 aromatic heterocycles. The molecule has 2 aromatic rings. The third kappa shape index (κ3) is 4.50. The van der Waals surface area contributed by atoms with E-state index in [1.165, 1.54) is 63.1 Å². The summed E-state index contributed by atoms with van der Waals surface area (Å²) in [6.45, 7) is 7.50. The van der Waals surface area contributed by atoms with Crippen molar-refractivity contribution in [2.45, 2.75) is 31.7 Å². The predicted molar refractivity (Wildman–Crippen MR) is 105 cm³/mol. The van der Waals surface area contributed by atoms with Gasteiger partial charge in [-0.05, 0) is 61.9 Å². The molecular weight excluding hydrogens is 304 g/mol. The Labute approximate surface area is 152 Å². The van der Waals surface area contributed by atoms with Crippen molar-refractivity contribution in [1.29, 1.82) is 0 Å². The Balaban J connectivity index is 1.22. The van der Waals surface area contributed by atoms with Crippen molar-refractivity contribution < 1.29 is 0 Å². The molecule has 2 saturated heterocycles. The maximum atomic E-state index is 2.72. The Kier molecular flexibility index (Phi) is 5.49. The lowest BCUT2D eigenvalue weighted by molar-refractivity contribution is 0.181. The molecule has 0 amide bonds. The van der Waals surface area contributed by atoms with E-state index in [2.05, 4.69) is 70.5 Å². The lowest BCUT2D eigenvalue weighted by Gasteiger charge is -2.33. The van der Waals surface area contributed by atoms with Crippen LogP contribution in [0.2, 0.25) is 0 Å². The summed E-state index contributed by atoms with van der Waals surface area (Å²) in [5.41, 5.74) is 2.99. The number of nitrogens with zero attached hydrogens (tertiary/aromatic N) is 2. The Morgan fingerprint density at radius 3 is 2.08 bits per heavy atom. The number of rotatable bonds is 5. The lowest BCUT2D eigenvalue weighted by Crippen LogP contribution is -2.37. The highest BCUT2D eigenvalue weighted by molar-refractivity contribution is 5.20. The second kappa shape index (κ2) is 8.16. The monoisotopic (exact) mass is 334 g/mol. The first-order valence-electron chi connectivity index (χ1n) is 9.90. The summed E-state index contributed by atoms with van der Waals surface area (Å²) in [6, 6.07) is 22.0. The molecule has 2 aliphatic heterocycles. The van der Waals surface area contributed by atoms with Gasteiger partial charge in [-0.2, -0.15) is 0 Å². The van der Waals surface area contributed by atoms with Crippen LogP contribution in [0.3, 0.4) is 0 Å². The van der Waals surface area contributed by atoms with Gasteiger partial charge in [0.15, 0.2) is 0 Å². The first-order chi connectivity index (χ1) is 12.4. The summed E-state index contributed by atoms with van der Waals surface area (Å²) in [5.74, 6) is 1.63. The minimum atomic E-state index is 0.774. The van der Waals surface area contributed by atoms with Gasteiger partial charge in [-0.3, -0.25) is 4.90 Å². The molecule has 1 unspecified atom stereocenters. The molecule has 25 heavy (non-hydrogen) atoms. The SMILES string of the molecule is c1ccc(CN2CCC(CN3CCC(c4ccccc4)CC3)C2)cc1. The molecule has 2 aliphatic rings. The highest BCUT2D eigenvalue weighted by Gasteiger charge is 2.27. The fraction of sp³-hybridized carbons (Fsp3) is 0.478. The fourth-order valence-corrected chi connectivity index (χ4v) is 4.59. The minimum Gasteiger partial charge on any atom is -0.303 e. The lowest BCUT2D eigenvalue weighted by atomic mass is 9.89. The van der Waals surface area contributed by atoms with Gasteiger partial charge in [0.1, 0.15) is 0 Å². The van der Waals surface area contributed by atoms with Crippen molar-refractivity contribution in [3.8, 4) is 0 Å². The third-order valence-corrected chi connectivity index (χ3v) is 5.99. The molecule has 0 bridgehead atoms. The largest absolute Gasteiger partial charge is 0.303 e. The molecule has 0 aliphatic carbocycles. The standard InChI is InChI=1S/C23H30N2/c1-3-7-20(8-4-1)17-25-14-11-21(19-25)18-24-15-12-23(13-16-24)22-9-5-2-6-10-22/h1-10,21,23H,11-19H2. The molecule has 4 rings (SSSR count). The van der Waals surface area contributed by atoms with Crippen molar-refractivity contribution >= 4 is 0 Å². The average molecular weight is 335 g/mol. The summed E-state index contributed by atoms with van der Waals surface area (Å²) >= 11 is 0. The Morgan fingerprint density at radius 1 is 0.720 bits per heavy atom. The first-order valence-corrected chi connectivity index (χ1v) is 9.90. The van der Waals surface area contributed by atoms with Gasteiger partial charge in [0.05, 0.1) is 0 Å². The molecule has 0 N–H and O–H groups in total. The zero-order valence-electron chi connectivity index (χ0n) is 15.2. The van der Waals surface area contributed by atoms with E-state index in [0.29, 0.717) is 0 Å². The highest BCUT2D eigenvalue weighted by Crippen LogP contribution is 2.29.